The van der Waals surface area contributed by atoms with Gasteiger partial charge in [0.15, 0.2) is 28.8 Å². The van der Waals surface area contributed by atoms with Crippen LogP contribution in [0.1, 0.15) is 68.9 Å². The molecule has 0 amide bonds. The smallest absolute Gasteiger partial charge is 0.308 e. The maximum absolute atomic E-state index is 15.0. The lowest BCUT2D eigenvalue weighted by molar-refractivity contribution is -0.181. The first-order chi connectivity index (χ1) is 27.4. The number of rotatable bonds is 2. The van der Waals surface area contributed by atoms with Crippen molar-refractivity contribution in [3.8, 4) is 34.5 Å². The van der Waals surface area contributed by atoms with E-state index in [1.54, 1.807) is 31.0 Å². The zero-order valence-electron chi connectivity index (χ0n) is 32.7. The summed E-state index contributed by atoms with van der Waals surface area (Å²) < 4.78 is 30.9. The van der Waals surface area contributed by atoms with Crippen LogP contribution < -0.4 is 18.9 Å². The number of hydrogen-bond donors (Lipinski definition) is 4. The molecule has 7 aliphatic rings. The van der Waals surface area contributed by atoms with E-state index in [-0.39, 0.29) is 49.1 Å². The second-order valence-corrected chi connectivity index (χ2v) is 17.4. The molecule has 3 aromatic carbocycles. The van der Waals surface area contributed by atoms with Crippen LogP contribution in [0.25, 0.3) is 10.9 Å². The van der Waals surface area contributed by atoms with Gasteiger partial charge in [-0.1, -0.05) is 6.07 Å². The Balaban J connectivity index is 1.25. The molecular weight excluding hydrogens is 753 g/mol. The molecule has 7 aliphatic heterocycles. The normalized spacial score (nSPS) is 29.4. The number of fused-ring (bicyclic) bond motifs is 12. The summed E-state index contributed by atoms with van der Waals surface area (Å²) in [5, 5.41) is 35.6. The van der Waals surface area contributed by atoms with Gasteiger partial charge >= 0.3 is 5.97 Å². The van der Waals surface area contributed by atoms with Crippen molar-refractivity contribution < 1.29 is 48.6 Å². The number of phenols is 2. The Hall–Kier alpha value is -4.51. The highest BCUT2D eigenvalue weighted by Gasteiger charge is 2.61. The number of aryl methyl sites for hydroxylation is 1. The van der Waals surface area contributed by atoms with E-state index >= 15 is 4.79 Å². The Morgan fingerprint density at radius 3 is 2.63 bits per heavy atom. The molecule has 4 aromatic rings. The van der Waals surface area contributed by atoms with Gasteiger partial charge in [0.25, 0.3) is 0 Å². The van der Waals surface area contributed by atoms with Gasteiger partial charge in [0.2, 0.25) is 6.79 Å². The molecule has 7 atom stereocenters. The standard InChI is InChI=1S/C42H46N4O10S/c1-18-11-21-12-26-41(51)46-27-14-53-15-28(49)42(40-23(9-10-44(42)4)24-13-22(48)7-8-25(24)43-40)16-57-39(33(46)32(45(26)5)29(21)34(50)35(18)52-6)31-30(27)38-37(54-17-55-38)19(2)36(31)56-20(3)47/h7-8,11,13,26-27,32-33,39,41,43,48,50-51H,9-10,12,14-17H2,1-6H3/t26-,27-,32+,33?,39+,41-,42-/m0/s1. The number of thioether (sulfide) groups is 1. The lowest BCUT2D eigenvalue weighted by Crippen LogP contribution is -2.69. The molecule has 1 aromatic heterocycles. The van der Waals surface area contributed by atoms with E-state index in [1.807, 2.05) is 40.1 Å². The molecule has 1 unspecified atom stereocenters. The van der Waals surface area contributed by atoms with Gasteiger partial charge in [0, 0.05) is 64.1 Å². The summed E-state index contributed by atoms with van der Waals surface area (Å²) in [6.45, 7) is 5.44. The molecule has 57 heavy (non-hydrogen) atoms. The first-order valence-corrected chi connectivity index (χ1v) is 20.4. The Kier molecular flexibility index (Phi) is 8.39. The zero-order chi connectivity index (χ0) is 39.8. The number of ether oxygens (including phenoxy) is 5. The predicted molar refractivity (Wildman–Crippen MR) is 209 cm³/mol. The SMILES string of the molecule is COc1c(C)cc2c(c1O)[C@@H]1C3[C@@H]4SC[C@]5(C(=O)COC[C@@H](c6c7c(c(C)c(OC(C)=O)c64)OCO7)N3[C@@H](O)[C@H](C2)N1C)c1[nH]c2ccc(O)cc2c1CCN5C. The molecule has 11 rings (SSSR count). The lowest BCUT2D eigenvalue weighted by Gasteiger charge is -2.62. The molecule has 4 N–H and O–H groups in total. The Morgan fingerprint density at radius 1 is 1.07 bits per heavy atom. The van der Waals surface area contributed by atoms with Crippen LogP contribution in [0.2, 0.25) is 0 Å². The zero-order valence-corrected chi connectivity index (χ0v) is 33.5. The van der Waals surface area contributed by atoms with E-state index < -0.39 is 41.1 Å². The molecular formula is C42H46N4O10S. The average Bonchev–Trinajstić information content (AvgIpc) is 3.80. The highest BCUT2D eigenvalue weighted by molar-refractivity contribution is 7.99. The van der Waals surface area contributed by atoms with Gasteiger partial charge in [0.05, 0.1) is 37.1 Å². The maximum atomic E-state index is 15.0. The third kappa shape index (κ3) is 4.96. The first kappa shape index (κ1) is 36.8. The van der Waals surface area contributed by atoms with Gasteiger partial charge in [-0.05, 0) is 75.7 Å². The fourth-order valence-electron chi connectivity index (χ4n) is 11.0. The number of aliphatic hydroxyl groups excluding tert-OH is 1. The van der Waals surface area contributed by atoms with Gasteiger partial charge in [-0.2, -0.15) is 0 Å². The topological polar surface area (TPSA) is 166 Å². The van der Waals surface area contributed by atoms with Crippen molar-refractivity contribution in [1.29, 1.82) is 0 Å². The molecule has 8 heterocycles. The number of hydrogen-bond acceptors (Lipinski definition) is 14. The predicted octanol–water partition coefficient (Wildman–Crippen LogP) is 4.27. The van der Waals surface area contributed by atoms with E-state index in [1.165, 1.54) is 6.92 Å². The van der Waals surface area contributed by atoms with Gasteiger partial charge in [-0.3, -0.25) is 24.3 Å². The molecule has 1 spiro atoms. The molecule has 4 bridgehead atoms. The van der Waals surface area contributed by atoms with Crippen molar-refractivity contribution in [1.82, 2.24) is 19.7 Å². The van der Waals surface area contributed by atoms with Crippen LogP contribution in [0, 0.1) is 13.8 Å². The van der Waals surface area contributed by atoms with Crippen LogP contribution in [0.4, 0.5) is 0 Å². The van der Waals surface area contributed by atoms with Crippen molar-refractivity contribution in [2.75, 3.05) is 53.5 Å². The number of piperazine rings is 1. The lowest BCUT2D eigenvalue weighted by atomic mass is 9.73. The highest BCUT2D eigenvalue weighted by Crippen LogP contribution is 2.64. The molecule has 15 heteroatoms. The molecule has 0 radical (unpaired) electrons. The van der Waals surface area contributed by atoms with Gasteiger partial charge in [0.1, 0.15) is 29.9 Å². The van der Waals surface area contributed by atoms with Crippen LogP contribution in [-0.2, 0) is 32.7 Å². The summed E-state index contributed by atoms with van der Waals surface area (Å²) in [5.41, 5.74) is 5.79. The van der Waals surface area contributed by atoms with Gasteiger partial charge < -0.3 is 44.0 Å². The summed E-state index contributed by atoms with van der Waals surface area (Å²) in [4.78, 5) is 38.0. The van der Waals surface area contributed by atoms with Gasteiger partial charge in [-0.15, -0.1) is 11.8 Å². The number of aromatic amines is 1. The summed E-state index contributed by atoms with van der Waals surface area (Å²) in [6, 6.07) is 5.18. The largest absolute Gasteiger partial charge is 0.508 e. The molecule has 300 valence electrons. The number of nitrogens with zero attached hydrogens (tertiary/aromatic N) is 3. The second-order valence-electron chi connectivity index (χ2n) is 16.2. The van der Waals surface area contributed by atoms with Gasteiger partial charge in [-0.25, -0.2) is 0 Å². The third-order valence-electron chi connectivity index (χ3n) is 13.5. The van der Waals surface area contributed by atoms with E-state index in [9.17, 15) is 20.1 Å². The molecule has 2 saturated heterocycles. The number of carbonyl (C=O) groups excluding carboxylic acids is 2. The van der Waals surface area contributed by atoms with Crippen molar-refractivity contribution in [2.45, 2.75) is 74.8 Å². The average molecular weight is 799 g/mol. The quantitative estimate of drug-likeness (QED) is 0.168. The third-order valence-corrected chi connectivity index (χ3v) is 14.9. The number of benzene rings is 3. The number of likely N-dealkylation sites (N-methyl/N-ethyl adjacent to an activating group) is 2. The van der Waals surface area contributed by atoms with Crippen LogP contribution >= 0.6 is 11.8 Å². The Labute approximate surface area is 333 Å². The Bertz CT molecular complexity index is 2400. The minimum atomic E-state index is -1.19. The van der Waals surface area contributed by atoms with Crippen LogP contribution in [0.15, 0.2) is 24.3 Å². The highest BCUT2D eigenvalue weighted by atomic mass is 32.2. The minimum Gasteiger partial charge on any atom is -0.508 e. The van der Waals surface area contributed by atoms with Crippen molar-refractivity contribution in [3.05, 3.63) is 68.9 Å². The monoisotopic (exact) mass is 798 g/mol. The number of esters is 1. The minimum absolute atomic E-state index is 0.00546. The summed E-state index contributed by atoms with van der Waals surface area (Å²) in [7, 11) is 5.49. The second kappa shape index (κ2) is 13.0. The number of Topliss-reactive ketones (excluding diaryl/α,β-unsaturated/α-hetero) is 1. The summed E-state index contributed by atoms with van der Waals surface area (Å²) >= 11 is 1.56. The first-order valence-electron chi connectivity index (χ1n) is 19.4. The maximum Gasteiger partial charge on any atom is 0.308 e. The number of carbonyl (C=O) groups is 2. The molecule has 0 saturated carbocycles. The van der Waals surface area contributed by atoms with E-state index in [0.717, 1.165) is 33.3 Å². The van der Waals surface area contributed by atoms with Crippen LogP contribution in [0.5, 0.6) is 34.5 Å². The number of methoxy groups -OCH3 is 1. The molecule has 0 aliphatic carbocycles. The van der Waals surface area contributed by atoms with Crippen LogP contribution in [-0.4, -0.2) is 119 Å². The van der Waals surface area contributed by atoms with E-state index in [4.69, 9.17) is 23.7 Å². The van der Waals surface area contributed by atoms with E-state index in [0.29, 0.717) is 64.6 Å². The summed E-state index contributed by atoms with van der Waals surface area (Å²) in [6.07, 6.45) is 0.127. The summed E-state index contributed by atoms with van der Waals surface area (Å²) in [5.74, 6) is 1.52. The number of phenolic OH excluding ortho intramolecular Hbond substituents is 2. The molecule has 14 nitrogen and oxygen atoms in total. The van der Waals surface area contributed by atoms with Crippen molar-refractivity contribution >= 4 is 34.4 Å². The fourth-order valence-corrected chi connectivity index (χ4v) is 12.8. The number of aromatic nitrogens is 1. The number of nitrogens with one attached hydrogen (secondary N) is 1. The van der Waals surface area contributed by atoms with Crippen molar-refractivity contribution in [3.63, 3.8) is 0 Å². The fraction of sp³-hybridized carbons (Fsp3) is 0.476. The number of H-pyrrole nitrogens is 1. The van der Waals surface area contributed by atoms with Crippen molar-refractivity contribution in [2.24, 2.45) is 0 Å². The number of aliphatic hydroxyl groups is 1. The molecule has 2 fully saturated rings. The Morgan fingerprint density at radius 2 is 1.86 bits per heavy atom. The van der Waals surface area contributed by atoms with Crippen LogP contribution in [0.3, 0.4) is 0 Å². The van der Waals surface area contributed by atoms with E-state index in [2.05, 4.69) is 19.7 Å². The number of aromatic hydroxyl groups is 2. The number of ketones is 1.